The fraction of sp³-hybridized carbons (Fsp3) is 0.176. The van der Waals surface area contributed by atoms with E-state index in [2.05, 4.69) is 15.7 Å². The number of amidine groups is 1. The minimum atomic E-state index is -0.191. The van der Waals surface area contributed by atoms with E-state index in [1.54, 1.807) is 4.90 Å². The van der Waals surface area contributed by atoms with E-state index in [4.69, 9.17) is 5.84 Å². The number of nitrogens with one attached hydrogen (secondary N) is 2. The van der Waals surface area contributed by atoms with Crippen molar-refractivity contribution in [2.24, 2.45) is 16.8 Å². The summed E-state index contributed by atoms with van der Waals surface area (Å²) in [6.45, 7) is 2.46. The van der Waals surface area contributed by atoms with Gasteiger partial charge in [-0.3, -0.25) is 4.90 Å². The van der Waals surface area contributed by atoms with Gasteiger partial charge in [0.05, 0.1) is 11.4 Å². The summed E-state index contributed by atoms with van der Waals surface area (Å²) in [5.74, 6) is 6.22. The maximum atomic E-state index is 12.7. The Morgan fingerprint density at radius 2 is 1.87 bits per heavy atom. The Labute approximate surface area is 135 Å². The van der Waals surface area contributed by atoms with Gasteiger partial charge in [-0.25, -0.2) is 15.6 Å². The Hall–Kier alpha value is -2.86. The predicted molar refractivity (Wildman–Crippen MR) is 92.8 cm³/mol. The third-order valence-corrected chi connectivity index (χ3v) is 3.75. The van der Waals surface area contributed by atoms with Crippen LogP contribution in [0.25, 0.3) is 0 Å². The molecule has 6 heteroatoms. The van der Waals surface area contributed by atoms with E-state index in [9.17, 15) is 4.79 Å². The van der Waals surface area contributed by atoms with E-state index in [-0.39, 0.29) is 11.9 Å². The van der Waals surface area contributed by atoms with Crippen LogP contribution in [0.1, 0.15) is 6.92 Å². The van der Waals surface area contributed by atoms with Crippen LogP contribution in [0.2, 0.25) is 0 Å². The van der Waals surface area contributed by atoms with Gasteiger partial charge in [0.25, 0.3) is 0 Å². The van der Waals surface area contributed by atoms with Crippen LogP contribution in [0.5, 0.6) is 0 Å². The third kappa shape index (κ3) is 3.17. The molecule has 0 radical (unpaired) electrons. The molecule has 4 N–H and O–H groups in total. The normalized spacial score (nSPS) is 16.9. The number of aliphatic imine (C=N–C) groups is 1. The minimum Gasteiger partial charge on any atom is -0.312 e. The number of urea groups is 1. The Balaban J connectivity index is 1.92. The molecule has 1 aliphatic rings. The van der Waals surface area contributed by atoms with Crippen LogP contribution in [-0.4, -0.2) is 18.4 Å². The molecular formula is C17H19N5O. The molecular weight excluding hydrogens is 290 g/mol. The first kappa shape index (κ1) is 15.1. The van der Waals surface area contributed by atoms with Crippen molar-refractivity contribution in [3.8, 4) is 0 Å². The van der Waals surface area contributed by atoms with Gasteiger partial charge in [-0.05, 0) is 24.3 Å². The number of hydrogen-bond donors (Lipinski definition) is 3. The quantitative estimate of drug-likeness (QED) is 0.559. The molecule has 0 aromatic heterocycles. The largest absolute Gasteiger partial charge is 0.326 e. The SMILES string of the molecule is CC1CN(C(=O)Nc2ccccc2)c2ccccc2N=C1NN. The van der Waals surface area contributed by atoms with E-state index < -0.39 is 0 Å². The number of hydrogen-bond acceptors (Lipinski definition) is 4. The highest BCUT2D eigenvalue weighted by Crippen LogP contribution is 2.32. The van der Waals surface area contributed by atoms with Crippen molar-refractivity contribution in [3.05, 3.63) is 54.6 Å². The molecule has 0 fully saturated rings. The summed E-state index contributed by atoms with van der Waals surface area (Å²) in [5.41, 5.74) is 4.87. The molecule has 0 aliphatic carbocycles. The average molecular weight is 309 g/mol. The average Bonchev–Trinajstić information content (AvgIpc) is 2.72. The fourth-order valence-corrected chi connectivity index (χ4v) is 2.56. The number of anilines is 2. The standard InChI is InChI=1S/C17H19N5O/c1-12-11-22(17(23)19-13-7-3-2-4-8-13)15-10-6-5-9-14(15)20-16(12)21-18/h2-10,12H,11,18H2,1H3,(H,19,23)(H,20,21). The maximum absolute atomic E-state index is 12.7. The molecule has 6 nitrogen and oxygen atoms in total. The number of benzene rings is 2. The van der Waals surface area contributed by atoms with Crippen LogP contribution in [0.15, 0.2) is 59.6 Å². The van der Waals surface area contributed by atoms with Gasteiger partial charge in [-0.1, -0.05) is 37.3 Å². The van der Waals surface area contributed by atoms with E-state index in [0.29, 0.717) is 18.1 Å². The highest BCUT2D eigenvalue weighted by atomic mass is 16.2. The molecule has 0 spiro atoms. The van der Waals surface area contributed by atoms with Crippen molar-refractivity contribution in [2.75, 3.05) is 16.8 Å². The maximum Gasteiger partial charge on any atom is 0.326 e. The zero-order valence-corrected chi connectivity index (χ0v) is 12.9. The molecule has 1 heterocycles. The summed E-state index contributed by atoms with van der Waals surface area (Å²) in [5, 5.41) is 2.92. The number of carbonyl (C=O) groups excluding carboxylic acids is 1. The topological polar surface area (TPSA) is 82.8 Å². The second-order valence-electron chi connectivity index (χ2n) is 5.44. The van der Waals surface area contributed by atoms with E-state index >= 15 is 0 Å². The summed E-state index contributed by atoms with van der Waals surface area (Å²) in [7, 11) is 0. The fourth-order valence-electron chi connectivity index (χ4n) is 2.56. The lowest BCUT2D eigenvalue weighted by Crippen LogP contribution is -2.42. The summed E-state index contributed by atoms with van der Waals surface area (Å²) >= 11 is 0. The zero-order valence-electron chi connectivity index (χ0n) is 12.9. The van der Waals surface area contributed by atoms with Crippen LogP contribution in [-0.2, 0) is 0 Å². The van der Waals surface area contributed by atoms with E-state index in [1.165, 1.54) is 0 Å². The van der Waals surface area contributed by atoms with Crippen LogP contribution < -0.4 is 21.5 Å². The molecule has 2 aromatic rings. The first-order chi connectivity index (χ1) is 11.2. The Morgan fingerprint density at radius 3 is 2.61 bits per heavy atom. The number of para-hydroxylation sites is 3. The summed E-state index contributed by atoms with van der Waals surface area (Å²) < 4.78 is 0. The molecule has 23 heavy (non-hydrogen) atoms. The van der Waals surface area contributed by atoms with Gasteiger partial charge in [0.1, 0.15) is 5.84 Å². The first-order valence-electron chi connectivity index (χ1n) is 7.47. The van der Waals surface area contributed by atoms with Crippen molar-refractivity contribution < 1.29 is 4.79 Å². The van der Waals surface area contributed by atoms with Crippen LogP contribution >= 0.6 is 0 Å². The number of nitrogens with two attached hydrogens (primary N) is 1. The van der Waals surface area contributed by atoms with E-state index in [0.717, 1.165) is 11.4 Å². The molecule has 2 amide bonds. The van der Waals surface area contributed by atoms with Crippen LogP contribution in [0.3, 0.4) is 0 Å². The van der Waals surface area contributed by atoms with Crippen LogP contribution in [0.4, 0.5) is 21.9 Å². The predicted octanol–water partition coefficient (Wildman–Crippen LogP) is 2.87. The monoisotopic (exact) mass is 309 g/mol. The number of fused-ring (bicyclic) bond motifs is 1. The summed E-state index contributed by atoms with van der Waals surface area (Å²) in [6, 6.07) is 16.7. The molecule has 1 unspecified atom stereocenters. The van der Waals surface area contributed by atoms with Crippen molar-refractivity contribution in [3.63, 3.8) is 0 Å². The van der Waals surface area contributed by atoms with Gasteiger partial charge in [-0.2, -0.15) is 0 Å². The molecule has 1 atom stereocenters. The van der Waals surface area contributed by atoms with Gasteiger partial charge in [0, 0.05) is 18.2 Å². The molecule has 3 rings (SSSR count). The second-order valence-corrected chi connectivity index (χ2v) is 5.44. The Kier molecular flexibility index (Phi) is 4.25. The number of carbonyl (C=O) groups is 1. The number of hydrazine groups is 1. The van der Waals surface area contributed by atoms with Gasteiger partial charge < -0.3 is 10.7 Å². The zero-order chi connectivity index (χ0) is 16.2. The summed E-state index contributed by atoms with van der Waals surface area (Å²) in [6.07, 6.45) is 0. The lowest BCUT2D eigenvalue weighted by atomic mass is 10.1. The van der Waals surface area contributed by atoms with Crippen molar-refractivity contribution >= 4 is 28.9 Å². The number of nitrogens with zero attached hydrogens (tertiary/aromatic N) is 2. The molecule has 0 saturated heterocycles. The Morgan fingerprint density at radius 1 is 1.17 bits per heavy atom. The van der Waals surface area contributed by atoms with Gasteiger partial charge in [-0.15, -0.1) is 0 Å². The minimum absolute atomic E-state index is 0.00563. The van der Waals surface area contributed by atoms with Gasteiger partial charge in [0.15, 0.2) is 0 Å². The highest BCUT2D eigenvalue weighted by molar-refractivity contribution is 6.05. The molecule has 2 aromatic carbocycles. The molecule has 0 saturated carbocycles. The molecule has 118 valence electrons. The second kappa shape index (κ2) is 6.50. The first-order valence-corrected chi connectivity index (χ1v) is 7.47. The van der Waals surface area contributed by atoms with E-state index in [1.807, 2.05) is 61.5 Å². The number of rotatable bonds is 1. The van der Waals surface area contributed by atoms with Gasteiger partial charge in [0.2, 0.25) is 0 Å². The van der Waals surface area contributed by atoms with Crippen molar-refractivity contribution in [1.29, 1.82) is 0 Å². The Bertz CT molecular complexity index is 729. The molecule has 1 aliphatic heterocycles. The third-order valence-electron chi connectivity index (χ3n) is 3.75. The lowest BCUT2D eigenvalue weighted by molar-refractivity contribution is 0.256. The number of amides is 2. The van der Waals surface area contributed by atoms with Gasteiger partial charge >= 0.3 is 6.03 Å². The smallest absolute Gasteiger partial charge is 0.312 e. The summed E-state index contributed by atoms with van der Waals surface area (Å²) in [4.78, 5) is 19.0. The van der Waals surface area contributed by atoms with Crippen molar-refractivity contribution in [1.82, 2.24) is 5.43 Å². The van der Waals surface area contributed by atoms with Crippen LogP contribution in [0, 0.1) is 5.92 Å². The highest BCUT2D eigenvalue weighted by Gasteiger charge is 2.26. The lowest BCUT2D eigenvalue weighted by Gasteiger charge is -2.25. The van der Waals surface area contributed by atoms with Crippen molar-refractivity contribution in [2.45, 2.75) is 6.92 Å². The molecule has 0 bridgehead atoms.